The summed E-state index contributed by atoms with van der Waals surface area (Å²) >= 11 is 0. The van der Waals surface area contributed by atoms with Crippen LogP contribution in [0, 0.1) is 5.92 Å². The van der Waals surface area contributed by atoms with E-state index in [9.17, 15) is 4.79 Å². The smallest absolute Gasteiger partial charge is 0.223 e. The number of piperidine rings is 1. The Labute approximate surface area is 169 Å². The predicted octanol–water partition coefficient (Wildman–Crippen LogP) is 4.41. The molecule has 2 atom stereocenters. The fourth-order valence-corrected chi connectivity index (χ4v) is 3.95. The van der Waals surface area contributed by atoms with Crippen molar-refractivity contribution in [2.24, 2.45) is 11.7 Å². The summed E-state index contributed by atoms with van der Waals surface area (Å²) in [5.41, 5.74) is 8.56. The second kappa shape index (κ2) is 10.5. The van der Waals surface area contributed by atoms with E-state index in [0.717, 1.165) is 32.4 Å². The van der Waals surface area contributed by atoms with Crippen molar-refractivity contribution in [1.82, 2.24) is 4.90 Å². The van der Waals surface area contributed by atoms with Gasteiger partial charge in [0.2, 0.25) is 5.91 Å². The molecule has 2 unspecified atom stereocenters. The molecule has 3 rings (SSSR count). The van der Waals surface area contributed by atoms with Crippen LogP contribution >= 0.6 is 12.4 Å². The lowest BCUT2D eigenvalue weighted by molar-refractivity contribution is -0.133. The summed E-state index contributed by atoms with van der Waals surface area (Å²) in [7, 11) is 0. The van der Waals surface area contributed by atoms with Gasteiger partial charge in [-0.15, -0.1) is 12.4 Å². The van der Waals surface area contributed by atoms with Gasteiger partial charge in [-0.3, -0.25) is 4.79 Å². The largest absolute Gasteiger partial charge is 0.343 e. The molecule has 1 fully saturated rings. The van der Waals surface area contributed by atoms with Crippen LogP contribution in [0.3, 0.4) is 0 Å². The van der Waals surface area contributed by atoms with Gasteiger partial charge in [-0.1, -0.05) is 60.7 Å². The van der Waals surface area contributed by atoms with Crippen LogP contribution in [0.5, 0.6) is 0 Å². The van der Waals surface area contributed by atoms with Gasteiger partial charge in [0.1, 0.15) is 0 Å². The molecule has 0 aliphatic carbocycles. The molecule has 2 aromatic rings. The van der Waals surface area contributed by atoms with E-state index in [-0.39, 0.29) is 30.3 Å². The van der Waals surface area contributed by atoms with Gasteiger partial charge in [0, 0.05) is 25.6 Å². The Morgan fingerprint density at radius 1 is 1.04 bits per heavy atom. The molecule has 0 bridgehead atoms. The number of amides is 1. The summed E-state index contributed by atoms with van der Waals surface area (Å²) in [6, 6.07) is 21.1. The van der Waals surface area contributed by atoms with E-state index in [1.807, 2.05) is 17.0 Å². The highest BCUT2D eigenvalue weighted by molar-refractivity contribution is 5.85. The molecule has 0 radical (unpaired) electrons. The van der Waals surface area contributed by atoms with Gasteiger partial charge in [0.05, 0.1) is 0 Å². The number of carbonyl (C=O) groups is 1. The zero-order valence-electron chi connectivity index (χ0n) is 16.1. The third-order valence-electron chi connectivity index (χ3n) is 5.65. The van der Waals surface area contributed by atoms with E-state index >= 15 is 0 Å². The van der Waals surface area contributed by atoms with Crippen molar-refractivity contribution < 1.29 is 4.79 Å². The first-order chi connectivity index (χ1) is 12.6. The quantitative estimate of drug-likeness (QED) is 0.799. The molecule has 2 aromatic carbocycles. The number of benzene rings is 2. The minimum absolute atomic E-state index is 0. The van der Waals surface area contributed by atoms with E-state index < -0.39 is 0 Å². The molecule has 27 heavy (non-hydrogen) atoms. The van der Waals surface area contributed by atoms with Crippen molar-refractivity contribution in [2.45, 2.75) is 44.6 Å². The van der Waals surface area contributed by atoms with Crippen molar-refractivity contribution in [2.75, 3.05) is 13.1 Å². The molecule has 3 nitrogen and oxygen atoms in total. The molecule has 0 aromatic heterocycles. The molecule has 146 valence electrons. The Hall–Kier alpha value is -1.84. The van der Waals surface area contributed by atoms with E-state index in [1.54, 1.807) is 0 Å². The fraction of sp³-hybridized carbons (Fsp3) is 0.435. The lowest BCUT2D eigenvalue weighted by atomic mass is 9.87. The minimum atomic E-state index is 0. The van der Waals surface area contributed by atoms with Gasteiger partial charge >= 0.3 is 0 Å². The number of nitrogens with two attached hydrogens (primary N) is 1. The third kappa shape index (κ3) is 6.08. The third-order valence-corrected chi connectivity index (χ3v) is 5.65. The van der Waals surface area contributed by atoms with Crippen molar-refractivity contribution in [1.29, 1.82) is 0 Å². The summed E-state index contributed by atoms with van der Waals surface area (Å²) < 4.78 is 0. The summed E-state index contributed by atoms with van der Waals surface area (Å²) in [6.45, 7) is 3.77. The molecule has 2 N–H and O–H groups in total. The Morgan fingerprint density at radius 3 is 2.15 bits per heavy atom. The summed E-state index contributed by atoms with van der Waals surface area (Å²) in [4.78, 5) is 15.0. The Kier molecular flexibility index (Phi) is 8.33. The maximum atomic E-state index is 12.9. The average molecular weight is 387 g/mol. The first-order valence-electron chi connectivity index (χ1n) is 9.75. The predicted molar refractivity (Wildman–Crippen MR) is 114 cm³/mol. The van der Waals surface area contributed by atoms with E-state index in [2.05, 4.69) is 55.5 Å². The number of rotatable bonds is 6. The standard InChI is InChI=1S/C23H30N2O.ClH/c1-18(24)20-12-14-25(15-13-20)23(26)17-22(21-10-6-3-7-11-21)16-19-8-4-2-5-9-19;/h2-11,18,20,22H,12-17,24H2,1H3;1H. The molecule has 0 saturated carbocycles. The highest BCUT2D eigenvalue weighted by atomic mass is 35.5. The second-order valence-corrected chi connectivity index (χ2v) is 7.58. The second-order valence-electron chi connectivity index (χ2n) is 7.58. The number of nitrogens with zero attached hydrogens (tertiary/aromatic N) is 1. The summed E-state index contributed by atoms with van der Waals surface area (Å²) in [5.74, 6) is 1.04. The van der Waals surface area contributed by atoms with Crippen LogP contribution in [0.2, 0.25) is 0 Å². The number of hydrogen-bond donors (Lipinski definition) is 1. The van der Waals surface area contributed by atoms with Crippen LogP contribution in [0.1, 0.15) is 43.2 Å². The number of hydrogen-bond acceptors (Lipinski definition) is 2. The van der Waals surface area contributed by atoms with Crippen molar-refractivity contribution in [3.05, 3.63) is 71.8 Å². The Bertz CT molecular complexity index is 682. The first-order valence-corrected chi connectivity index (χ1v) is 9.75. The lowest BCUT2D eigenvalue weighted by Gasteiger charge is -2.34. The van der Waals surface area contributed by atoms with Gasteiger partial charge in [0.15, 0.2) is 0 Å². The highest BCUT2D eigenvalue weighted by Gasteiger charge is 2.26. The van der Waals surface area contributed by atoms with Gasteiger partial charge < -0.3 is 10.6 Å². The number of likely N-dealkylation sites (tertiary alicyclic amines) is 1. The van der Waals surface area contributed by atoms with Crippen molar-refractivity contribution in [3.8, 4) is 0 Å². The molecular formula is C23H31ClN2O. The molecule has 1 saturated heterocycles. The first kappa shape index (κ1) is 21.5. The molecule has 1 aliphatic heterocycles. The fourth-order valence-electron chi connectivity index (χ4n) is 3.95. The molecule has 0 spiro atoms. The van der Waals surface area contributed by atoms with Crippen LogP contribution in [0.25, 0.3) is 0 Å². The van der Waals surface area contributed by atoms with Gasteiger partial charge in [-0.05, 0) is 49.1 Å². The van der Waals surface area contributed by atoms with Gasteiger partial charge in [0.25, 0.3) is 0 Å². The number of halogens is 1. The van der Waals surface area contributed by atoms with Gasteiger partial charge in [-0.2, -0.15) is 0 Å². The lowest BCUT2D eigenvalue weighted by Crippen LogP contribution is -2.43. The van der Waals surface area contributed by atoms with Crippen LogP contribution in [0.15, 0.2) is 60.7 Å². The summed E-state index contributed by atoms with van der Waals surface area (Å²) in [6.07, 6.45) is 3.52. The molecule has 1 aliphatic rings. The van der Waals surface area contributed by atoms with Crippen molar-refractivity contribution >= 4 is 18.3 Å². The zero-order chi connectivity index (χ0) is 18.4. The Balaban J connectivity index is 0.00000261. The van der Waals surface area contributed by atoms with E-state index in [4.69, 9.17) is 5.73 Å². The molecule has 1 heterocycles. The minimum Gasteiger partial charge on any atom is -0.343 e. The van der Waals surface area contributed by atoms with Crippen LogP contribution in [-0.4, -0.2) is 29.9 Å². The van der Waals surface area contributed by atoms with Gasteiger partial charge in [-0.25, -0.2) is 0 Å². The SMILES string of the molecule is CC(N)C1CCN(C(=O)CC(Cc2ccccc2)c2ccccc2)CC1.Cl. The molecule has 1 amide bonds. The number of carbonyl (C=O) groups excluding carboxylic acids is 1. The highest BCUT2D eigenvalue weighted by Crippen LogP contribution is 2.27. The van der Waals surface area contributed by atoms with E-state index in [0.29, 0.717) is 12.3 Å². The zero-order valence-corrected chi connectivity index (χ0v) is 16.9. The molecule has 4 heteroatoms. The van der Waals surface area contributed by atoms with Crippen LogP contribution < -0.4 is 5.73 Å². The monoisotopic (exact) mass is 386 g/mol. The maximum absolute atomic E-state index is 12.9. The molecular weight excluding hydrogens is 356 g/mol. The van der Waals surface area contributed by atoms with E-state index in [1.165, 1.54) is 11.1 Å². The van der Waals surface area contributed by atoms with Crippen LogP contribution in [0.4, 0.5) is 0 Å². The summed E-state index contributed by atoms with van der Waals surface area (Å²) in [5, 5.41) is 0. The average Bonchev–Trinajstić information content (AvgIpc) is 2.69. The maximum Gasteiger partial charge on any atom is 0.223 e. The van der Waals surface area contributed by atoms with Crippen molar-refractivity contribution in [3.63, 3.8) is 0 Å². The Morgan fingerprint density at radius 2 is 1.59 bits per heavy atom. The normalized spacial score (nSPS) is 17.0. The topological polar surface area (TPSA) is 46.3 Å². The van der Waals surface area contributed by atoms with Crippen LogP contribution in [-0.2, 0) is 11.2 Å².